The van der Waals surface area contributed by atoms with Gasteiger partial charge in [0, 0.05) is 33.2 Å². The molecule has 258 valence electrons. The van der Waals surface area contributed by atoms with Crippen LogP contribution in [0.15, 0.2) is 217 Å². The molecule has 0 amide bonds. The van der Waals surface area contributed by atoms with E-state index in [1.54, 1.807) is 0 Å². The summed E-state index contributed by atoms with van der Waals surface area (Å²) in [7, 11) is 0. The molecular weight excluding hydrogens is 667 g/mol. The normalized spacial score (nSPS) is 12.9. The molecule has 0 spiro atoms. The van der Waals surface area contributed by atoms with Crippen molar-refractivity contribution in [2.24, 2.45) is 0 Å². The first-order valence-electron chi connectivity index (χ1n) is 18.9. The quantitative estimate of drug-likeness (QED) is 0.172. The van der Waals surface area contributed by atoms with Gasteiger partial charge in [0.25, 0.3) is 0 Å². The molecule has 11 rings (SSSR count). The van der Waals surface area contributed by atoms with E-state index in [1.165, 1.54) is 38.8 Å². The molecule has 0 saturated carbocycles. The van der Waals surface area contributed by atoms with Gasteiger partial charge in [-0.2, -0.15) is 0 Å². The van der Waals surface area contributed by atoms with Crippen molar-refractivity contribution >= 4 is 49.8 Å². The number of benzene rings is 9. The molecule has 1 aliphatic rings. The lowest BCUT2D eigenvalue weighted by Gasteiger charge is -2.35. The molecule has 0 fully saturated rings. The second-order valence-corrected chi connectivity index (χ2v) is 14.4. The van der Waals surface area contributed by atoms with Crippen LogP contribution in [-0.2, 0) is 5.41 Å². The summed E-state index contributed by atoms with van der Waals surface area (Å²) in [6.07, 6.45) is 0. The van der Waals surface area contributed by atoms with E-state index in [2.05, 4.69) is 217 Å². The van der Waals surface area contributed by atoms with E-state index in [0.717, 1.165) is 55.5 Å². The molecule has 0 bridgehead atoms. The van der Waals surface area contributed by atoms with Crippen molar-refractivity contribution in [3.05, 3.63) is 235 Å². The van der Waals surface area contributed by atoms with Crippen LogP contribution in [0.5, 0.6) is 0 Å². The van der Waals surface area contributed by atoms with Crippen LogP contribution in [0, 0.1) is 0 Å². The first-order valence-corrected chi connectivity index (χ1v) is 18.9. The van der Waals surface area contributed by atoms with Crippen molar-refractivity contribution in [3.63, 3.8) is 0 Å². The molecule has 2 nitrogen and oxygen atoms in total. The summed E-state index contributed by atoms with van der Waals surface area (Å²) in [5.74, 6) is 0. The summed E-state index contributed by atoms with van der Waals surface area (Å²) in [5, 5.41) is 4.58. The largest absolute Gasteiger partial charge is 0.455 e. The molecule has 55 heavy (non-hydrogen) atoms. The van der Waals surface area contributed by atoms with Crippen LogP contribution < -0.4 is 4.90 Å². The Morgan fingerprint density at radius 1 is 0.382 bits per heavy atom. The van der Waals surface area contributed by atoms with E-state index >= 15 is 0 Å². The summed E-state index contributed by atoms with van der Waals surface area (Å²) >= 11 is 0. The van der Waals surface area contributed by atoms with E-state index < -0.39 is 5.41 Å². The molecular formula is C53H35NO. The number of rotatable bonds is 6. The van der Waals surface area contributed by atoms with Gasteiger partial charge in [-0.1, -0.05) is 164 Å². The SMILES string of the molecule is c1ccc(N(c2cccc(-c3cccc4oc5c6ccccc6ccc5c34)c2)c2ccc3c(c2)C(c2ccccc2)(c2ccccc2)c2ccccc2-3)cc1. The average molecular weight is 702 g/mol. The van der Waals surface area contributed by atoms with Crippen LogP contribution in [0.1, 0.15) is 22.3 Å². The van der Waals surface area contributed by atoms with E-state index in [0.29, 0.717) is 0 Å². The van der Waals surface area contributed by atoms with Crippen LogP contribution >= 0.6 is 0 Å². The van der Waals surface area contributed by atoms with Crippen molar-refractivity contribution in [1.82, 2.24) is 0 Å². The maximum absolute atomic E-state index is 6.60. The maximum atomic E-state index is 6.60. The fourth-order valence-corrected chi connectivity index (χ4v) is 9.20. The van der Waals surface area contributed by atoms with Gasteiger partial charge in [0.05, 0.1) is 5.41 Å². The molecule has 1 heterocycles. The Kier molecular flexibility index (Phi) is 7.11. The van der Waals surface area contributed by atoms with E-state index in [1.807, 2.05) is 0 Å². The van der Waals surface area contributed by atoms with Gasteiger partial charge in [0.2, 0.25) is 0 Å². The van der Waals surface area contributed by atoms with Crippen LogP contribution in [0.3, 0.4) is 0 Å². The minimum atomic E-state index is -0.489. The fourth-order valence-electron chi connectivity index (χ4n) is 9.20. The number of fused-ring (bicyclic) bond motifs is 8. The third-order valence-corrected chi connectivity index (χ3v) is 11.5. The predicted octanol–water partition coefficient (Wildman–Crippen LogP) is 14.2. The first kappa shape index (κ1) is 31.4. The van der Waals surface area contributed by atoms with Gasteiger partial charge in [-0.05, 0) is 98.4 Å². The lowest BCUT2D eigenvalue weighted by atomic mass is 9.67. The molecule has 9 aromatic carbocycles. The maximum Gasteiger partial charge on any atom is 0.143 e. The van der Waals surface area contributed by atoms with Gasteiger partial charge in [0.15, 0.2) is 0 Å². The minimum absolute atomic E-state index is 0.489. The topological polar surface area (TPSA) is 16.4 Å². The second kappa shape index (κ2) is 12.5. The monoisotopic (exact) mass is 701 g/mol. The number of hydrogen-bond donors (Lipinski definition) is 0. The molecule has 1 aromatic heterocycles. The molecule has 0 unspecified atom stereocenters. The van der Waals surface area contributed by atoms with Crippen LogP contribution in [0.25, 0.3) is 55.0 Å². The van der Waals surface area contributed by atoms with E-state index in [-0.39, 0.29) is 0 Å². The zero-order valence-corrected chi connectivity index (χ0v) is 30.1. The highest BCUT2D eigenvalue weighted by atomic mass is 16.3. The summed E-state index contributed by atoms with van der Waals surface area (Å²) in [6.45, 7) is 0. The number of anilines is 3. The lowest BCUT2D eigenvalue weighted by molar-refractivity contribution is 0.673. The Hall–Kier alpha value is -7.16. The zero-order valence-electron chi connectivity index (χ0n) is 30.1. The number of para-hydroxylation sites is 1. The van der Waals surface area contributed by atoms with Gasteiger partial charge < -0.3 is 9.32 Å². The summed E-state index contributed by atoms with van der Waals surface area (Å²) in [4.78, 5) is 2.40. The van der Waals surface area contributed by atoms with E-state index in [9.17, 15) is 0 Å². The highest BCUT2D eigenvalue weighted by molar-refractivity contribution is 6.19. The van der Waals surface area contributed by atoms with Crippen LogP contribution in [-0.4, -0.2) is 0 Å². The Morgan fingerprint density at radius 3 is 1.80 bits per heavy atom. The molecule has 0 atom stereocenters. The molecule has 0 saturated heterocycles. The molecule has 0 aliphatic heterocycles. The van der Waals surface area contributed by atoms with Gasteiger partial charge in [-0.3, -0.25) is 0 Å². The molecule has 1 aliphatic carbocycles. The Balaban J connectivity index is 1.13. The average Bonchev–Trinajstić information content (AvgIpc) is 3.79. The Labute approximate surface area is 320 Å². The third kappa shape index (κ3) is 4.75. The zero-order chi connectivity index (χ0) is 36.3. The Bertz CT molecular complexity index is 3000. The van der Waals surface area contributed by atoms with Crippen LogP contribution in [0.2, 0.25) is 0 Å². The molecule has 0 N–H and O–H groups in total. The first-order chi connectivity index (χ1) is 27.3. The number of nitrogens with zero attached hydrogens (tertiary/aromatic N) is 1. The standard InChI is InChI=1S/C53H35NO/c1-4-18-38(19-5-1)53(39-20-6-2-7-21-39)48-28-13-12-26-45(48)46-33-31-42(35-49(46)53)54(40-22-8-3-9-23-40)41-24-14-17-37(34-41)43-27-15-29-50-51(43)47-32-30-36-16-10-11-25-44(36)52(47)55-50/h1-35H. The summed E-state index contributed by atoms with van der Waals surface area (Å²) < 4.78 is 6.60. The van der Waals surface area contributed by atoms with Gasteiger partial charge in [-0.25, -0.2) is 0 Å². The highest BCUT2D eigenvalue weighted by Gasteiger charge is 2.46. The molecule has 0 radical (unpaired) electrons. The van der Waals surface area contributed by atoms with Crippen molar-refractivity contribution in [1.29, 1.82) is 0 Å². The highest BCUT2D eigenvalue weighted by Crippen LogP contribution is 2.57. The third-order valence-electron chi connectivity index (χ3n) is 11.5. The Morgan fingerprint density at radius 2 is 1.00 bits per heavy atom. The van der Waals surface area contributed by atoms with Gasteiger partial charge in [-0.15, -0.1) is 0 Å². The van der Waals surface area contributed by atoms with Crippen molar-refractivity contribution in [2.45, 2.75) is 5.41 Å². The molecule has 2 heteroatoms. The minimum Gasteiger partial charge on any atom is -0.455 e. The molecule has 10 aromatic rings. The van der Waals surface area contributed by atoms with Crippen LogP contribution in [0.4, 0.5) is 17.1 Å². The number of furan rings is 1. The predicted molar refractivity (Wildman–Crippen MR) is 229 cm³/mol. The van der Waals surface area contributed by atoms with Crippen molar-refractivity contribution in [3.8, 4) is 22.3 Å². The fraction of sp³-hybridized carbons (Fsp3) is 0.0189. The van der Waals surface area contributed by atoms with Crippen molar-refractivity contribution < 1.29 is 4.42 Å². The summed E-state index contributed by atoms with van der Waals surface area (Å²) in [5.41, 5.74) is 14.5. The summed E-state index contributed by atoms with van der Waals surface area (Å²) in [6, 6.07) is 77.0. The van der Waals surface area contributed by atoms with Gasteiger partial charge >= 0.3 is 0 Å². The van der Waals surface area contributed by atoms with Gasteiger partial charge in [0.1, 0.15) is 11.2 Å². The lowest BCUT2D eigenvalue weighted by Crippen LogP contribution is -2.28. The van der Waals surface area contributed by atoms with E-state index in [4.69, 9.17) is 4.42 Å². The van der Waals surface area contributed by atoms with Crippen molar-refractivity contribution in [2.75, 3.05) is 4.90 Å². The second-order valence-electron chi connectivity index (χ2n) is 14.4. The number of hydrogen-bond acceptors (Lipinski definition) is 2. The smallest absolute Gasteiger partial charge is 0.143 e.